The molecule has 3 heteroatoms. The zero-order valence-electron chi connectivity index (χ0n) is 11.8. The molecule has 2 rings (SSSR count). The Morgan fingerprint density at radius 1 is 1.11 bits per heavy atom. The van der Waals surface area contributed by atoms with Gasteiger partial charge in [-0.05, 0) is 38.5 Å². The summed E-state index contributed by atoms with van der Waals surface area (Å²) in [6.07, 6.45) is 12.3. The van der Waals surface area contributed by atoms with Crippen molar-refractivity contribution in [1.29, 1.82) is 0 Å². The van der Waals surface area contributed by atoms with Crippen LogP contribution in [0.4, 0.5) is 4.79 Å². The van der Waals surface area contributed by atoms with Crippen LogP contribution in [0, 0.1) is 0 Å². The lowest BCUT2D eigenvalue weighted by Gasteiger charge is -2.37. The molecule has 1 heterocycles. The van der Waals surface area contributed by atoms with Gasteiger partial charge in [-0.3, -0.25) is 0 Å². The van der Waals surface area contributed by atoms with Crippen LogP contribution in [-0.2, 0) is 0 Å². The van der Waals surface area contributed by atoms with Crippen molar-refractivity contribution >= 4 is 6.03 Å². The molecule has 0 radical (unpaired) electrons. The quantitative estimate of drug-likeness (QED) is 0.816. The van der Waals surface area contributed by atoms with Crippen molar-refractivity contribution in [2.24, 2.45) is 0 Å². The summed E-state index contributed by atoms with van der Waals surface area (Å²) in [5.41, 5.74) is 0. The summed E-state index contributed by atoms with van der Waals surface area (Å²) < 4.78 is 0. The Bertz CT molecular complexity index is 259. The van der Waals surface area contributed by atoms with Gasteiger partial charge in [-0.15, -0.1) is 0 Å². The van der Waals surface area contributed by atoms with Gasteiger partial charge in [0.15, 0.2) is 0 Å². The first-order chi connectivity index (χ1) is 8.81. The first kappa shape index (κ1) is 13.7. The Hall–Kier alpha value is -0.730. The maximum absolute atomic E-state index is 12.4. The number of rotatable bonds is 3. The highest BCUT2D eigenvalue weighted by molar-refractivity contribution is 5.75. The van der Waals surface area contributed by atoms with E-state index >= 15 is 0 Å². The van der Waals surface area contributed by atoms with Gasteiger partial charge in [0.1, 0.15) is 0 Å². The lowest BCUT2D eigenvalue weighted by Crippen LogP contribution is -2.51. The predicted molar refractivity (Wildman–Crippen MR) is 74.7 cm³/mol. The summed E-state index contributed by atoms with van der Waals surface area (Å²) in [5, 5.41) is 3.26. The molecule has 1 saturated carbocycles. The zero-order valence-corrected chi connectivity index (χ0v) is 11.8. The van der Waals surface area contributed by atoms with Gasteiger partial charge in [0, 0.05) is 18.6 Å². The van der Waals surface area contributed by atoms with E-state index in [1.165, 1.54) is 57.8 Å². The Labute approximate surface area is 111 Å². The third-order valence-electron chi connectivity index (χ3n) is 4.44. The number of hydrogen-bond acceptors (Lipinski definition) is 1. The monoisotopic (exact) mass is 252 g/mol. The molecule has 0 aromatic rings. The molecule has 0 bridgehead atoms. The van der Waals surface area contributed by atoms with Crippen LogP contribution >= 0.6 is 0 Å². The average Bonchev–Trinajstić information content (AvgIpc) is 2.41. The van der Waals surface area contributed by atoms with Gasteiger partial charge >= 0.3 is 6.03 Å². The molecular weight excluding hydrogens is 224 g/mol. The maximum Gasteiger partial charge on any atom is 0.317 e. The fraction of sp³-hybridized carbons (Fsp3) is 0.933. The zero-order chi connectivity index (χ0) is 12.8. The van der Waals surface area contributed by atoms with Crippen LogP contribution in [0.15, 0.2) is 0 Å². The molecular formula is C15H28N2O. The number of carbonyl (C=O) groups is 1. The lowest BCUT2D eigenvalue weighted by molar-refractivity contribution is 0.141. The number of nitrogens with one attached hydrogen (secondary N) is 1. The second kappa shape index (κ2) is 7.01. The van der Waals surface area contributed by atoms with Gasteiger partial charge in [-0.1, -0.05) is 32.6 Å². The molecule has 1 aliphatic heterocycles. The van der Waals surface area contributed by atoms with E-state index in [0.29, 0.717) is 12.1 Å². The molecule has 1 unspecified atom stereocenters. The summed E-state index contributed by atoms with van der Waals surface area (Å²) in [5.74, 6) is 0. The number of urea groups is 1. The minimum atomic E-state index is 0.208. The van der Waals surface area contributed by atoms with Crippen molar-refractivity contribution < 1.29 is 4.79 Å². The molecule has 1 N–H and O–H groups in total. The van der Waals surface area contributed by atoms with Crippen molar-refractivity contribution in [2.75, 3.05) is 6.54 Å². The Morgan fingerprint density at radius 2 is 1.83 bits per heavy atom. The van der Waals surface area contributed by atoms with E-state index in [9.17, 15) is 4.79 Å². The lowest BCUT2D eigenvalue weighted by atomic mass is 9.95. The van der Waals surface area contributed by atoms with E-state index < -0.39 is 0 Å². The van der Waals surface area contributed by atoms with E-state index in [1.807, 2.05) is 0 Å². The number of amides is 2. The number of piperidine rings is 1. The fourth-order valence-corrected chi connectivity index (χ4v) is 3.41. The normalized spacial score (nSPS) is 26.1. The van der Waals surface area contributed by atoms with Crippen molar-refractivity contribution in [3.63, 3.8) is 0 Å². The molecule has 0 aromatic carbocycles. The molecule has 0 spiro atoms. The average molecular weight is 252 g/mol. The largest absolute Gasteiger partial charge is 0.335 e. The molecule has 1 atom stereocenters. The van der Waals surface area contributed by atoms with E-state index in [2.05, 4.69) is 17.1 Å². The first-order valence-corrected chi connectivity index (χ1v) is 7.88. The third kappa shape index (κ3) is 3.63. The summed E-state index contributed by atoms with van der Waals surface area (Å²) in [7, 11) is 0. The molecule has 18 heavy (non-hydrogen) atoms. The highest BCUT2D eigenvalue weighted by Crippen LogP contribution is 2.22. The summed E-state index contributed by atoms with van der Waals surface area (Å²) in [4.78, 5) is 14.5. The van der Waals surface area contributed by atoms with Crippen LogP contribution in [0.5, 0.6) is 0 Å². The van der Waals surface area contributed by atoms with Crippen molar-refractivity contribution in [1.82, 2.24) is 10.2 Å². The standard InChI is InChI=1S/C15H28N2O/c1-2-8-14-11-6-7-12-17(14)15(18)16-13-9-4-3-5-10-13/h13-14H,2-12H2,1H3,(H,16,18). The van der Waals surface area contributed by atoms with Crippen LogP contribution in [0.2, 0.25) is 0 Å². The van der Waals surface area contributed by atoms with Gasteiger partial charge in [-0.25, -0.2) is 4.79 Å². The molecule has 1 aliphatic carbocycles. The van der Waals surface area contributed by atoms with E-state index in [1.54, 1.807) is 0 Å². The number of carbonyl (C=O) groups excluding carboxylic acids is 1. The summed E-state index contributed by atoms with van der Waals surface area (Å²) in [6.45, 7) is 3.18. The molecule has 2 fully saturated rings. The smallest absolute Gasteiger partial charge is 0.317 e. The Morgan fingerprint density at radius 3 is 2.56 bits per heavy atom. The third-order valence-corrected chi connectivity index (χ3v) is 4.44. The van der Waals surface area contributed by atoms with Crippen LogP contribution in [0.1, 0.15) is 71.1 Å². The van der Waals surface area contributed by atoms with Gasteiger partial charge < -0.3 is 10.2 Å². The Kier molecular flexibility index (Phi) is 5.33. The van der Waals surface area contributed by atoms with Crippen molar-refractivity contribution in [2.45, 2.75) is 83.2 Å². The minimum absolute atomic E-state index is 0.208. The molecule has 2 aliphatic rings. The van der Waals surface area contributed by atoms with Gasteiger partial charge in [0.2, 0.25) is 0 Å². The van der Waals surface area contributed by atoms with E-state index in [-0.39, 0.29) is 6.03 Å². The SMILES string of the molecule is CCCC1CCCCN1C(=O)NC1CCCCC1. The van der Waals surface area contributed by atoms with Crippen molar-refractivity contribution in [3.8, 4) is 0 Å². The molecule has 2 amide bonds. The Balaban J connectivity index is 1.84. The predicted octanol–water partition coefficient (Wildman–Crippen LogP) is 3.68. The first-order valence-electron chi connectivity index (χ1n) is 7.88. The highest BCUT2D eigenvalue weighted by Gasteiger charge is 2.27. The van der Waals surface area contributed by atoms with Crippen molar-refractivity contribution in [3.05, 3.63) is 0 Å². The molecule has 3 nitrogen and oxygen atoms in total. The van der Waals surface area contributed by atoms with Gasteiger partial charge in [0.05, 0.1) is 0 Å². The minimum Gasteiger partial charge on any atom is -0.335 e. The van der Waals surface area contributed by atoms with Gasteiger partial charge in [0.25, 0.3) is 0 Å². The number of likely N-dealkylation sites (tertiary alicyclic amines) is 1. The number of hydrogen-bond donors (Lipinski definition) is 1. The maximum atomic E-state index is 12.4. The van der Waals surface area contributed by atoms with Crippen LogP contribution < -0.4 is 5.32 Å². The molecule has 104 valence electrons. The van der Waals surface area contributed by atoms with E-state index in [0.717, 1.165) is 13.0 Å². The fourth-order valence-electron chi connectivity index (χ4n) is 3.41. The van der Waals surface area contributed by atoms with E-state index in [4.69, 9.17) is 0 Å². The molecule has 0 aromatic heterocycles. The molecule has 1 saturated heterocycles. The topological polar surface area (TPSA) is 32.3 Å². The second-order valence-corrected chi connectivity index (χ2v) is 5.92. The number of nitrogens with zero attached hydrogens (tertiary/aromatic N) is 1. The van der Waals surface area contributed by atoms with Gasteiger partial charge in [-0.2, -0.15) is 0 Å². The van der Waals surface area contributed by atoms with Crippen LogP contribution in [0.25, 0.3) is 0 Å². The van der Waals surface area contributed by atoms with Crippen LogP contribution in [0.3, 0.4) is 0 Å². The van der Waals surface area contributed by atoms with Crippen LogP contribution in [-0.4, -0.2) is 29.6 Å². The highest BCUT2D eigenvalue weighted by atomic mass is 16.2. The second-order valence-electron chi connectivity index (χ2n) is 5.92. The summed E-state index contributed by atoms with van der Waals surface area (Å²) >= 11 is 0. The summed E-state index contributed by atoms with van der Waals surface area (Å²) in [6, 6.07) is 1.14.